The van der Waals surface area contributed by atoms with E-state index < -0.39 is 17.5 Å². The van der Waals surface area contributed by atoms with Crippen LogP contribution < -0.4 is 5.32 Å². The number of aliphatic hydroxyl groups is 1. The molecule has 0 radical (unpaired) electrons. The summed E-state index contributed by atoms with van der Waals surface area (Å²) in [6.07, 6.45) is 3.17. The highest BCUT2D eigenvalue weighted by Crippen LogP contribution is 2.26. The third-order valence-electron chi connectivity index (χ3n) is 4.69. The Labute approximate surface area is 173 Å². The highest BCUT2D eigenvalue weighted by atomic mass is 32.2. The summed E-state index contributed by atoms with van der Waals surface area (Å²) in [6, 6.07) is 9.49. The van der Waals surface area contributed by atoms with Crippen molar-refractivity contribution in [1.29, 1.82) is 5.41 Å². The molecule has 154 valence electrons. The predicted octanol–water partition coefficient (Wildman–Crippen LogP) is 2.12. The van der Waals surface area contributed by atoms with E-state index in [9.17, 15) is 14.0 Å². The monoisotopic (exact) mass is 416 g/mol. The van der Waals surface area contributed by atoms with Gasteiger partial charge in [0.05, 0.1) is 24.9 Å². The fourth-order valence-corrected chi connectivity index (χ4v) is 3.97. The van der Waals surface area contributed by atoms with Crippen molar-refractivity contribution >= 4 is 22.6 Å². The molecule has 29 heavy (non-hydrogen) atoms. The highest BCUT2D eigenvalue weighted by molar-refractivity contribution is 7.88. The normalized spacial score (nSPS) is 18.7. The Morgan fingerprint density at radius 3 is 2.72 bits per heavy atom. The van der Waals surface area contributed by atoms with E-state index in [4.69, 9.17) is 5.41 Å². The number of hydrogen-bond donors (Lipinski definition) is 3. The van der Waals surface area contributed by atoms with Crippen molar-refractivity contribution in [3.8, 4) is 0 Å². The van der Waals surface area contributed by atoms with Crippen LogP contribution in [-0.2, 0) is 17.8 Å². The highest BCUT2D eigenvalue weighted by Gasteiger charge is 2.26. The molecule has 1 aliphatic heterocycles. The molecule has 0 bridgehead atoms. The van der Waals surface area contributed by atoms with Crippen LogP contribution in [0.3, 0.4) is 0 Å². The quantitative estimate of drug-likeness (QED) is 0.495. The summed E-state index contributed by atoms with van der Waals surface area (Å²) in [5.74, 6) is -0.359. The molecular weight excluding hydrogens is 391 g/mol. The van der Waals surface area contributed by atoms with Crippen molar-refractivity contribution in [1.82, 2.24) is 14.6 Å². The first-order chi connectivity index (χ1) is 13.8. The smallest absolute Gasteiger partial charge is 0.123 e. The van der Waals surface area contributed by atoms with Gasteiger partial charge >= 0.3 is 0 Å². The maximum atomic E-state index is 13.4. The summed E-state index contributed by atoms with van der Waals surface area (Å²) < 4.78 is 27.2. The minimum Gasteiger partial charge on any atom is -0.598 e. The molecule has 2 atom stereocenters. The van der Waals surface area contributed by atoms with Gasteiger partial charge in [-0.1, -0.05) is 0 Å². The molecule has 1 fully saturated rings. The van der Waals surface area contributed by atoms with Gasteiger partial charge in [0.2, 0.25) is 0 Å². The maximum absolute atomic E-state index is 13.4. The Kier molecular flexibility index (Phi) is 7.02. The summed E-state index contributed by atoms with van der Waals surface area (Å²) in [4.78, 5) is 4.31. The van der Waals surface area contributed by atoms with Crippen LogP contribution in [0.5, 0.6) is 0 Å². The number of aliphatic hydroxyl groups excluding tert-OH is 1. The third-order valence-corrected chi connectivity index (χ3v) is 5.73. The lowest BCUT2D eigenvalue weighted by molar-refractivity contribution is 0.194. The molecule has 3 rings (SSSR count). The summed E-state index contributed by atoms with van der Waals surface area (Å²) >= 11 is -1.12. The minimum atomic E-state index is -1.12. The number of nitrogens with one attached hydrogen (secondary N) is 2. The first-order valence-electron chi connectivity index (χ1n) is 9.39. The molecule has 2 heterocycles. The maximum Gasteiger partial charge on any atom is 0.123 e. The second kappa shape index (κ2) is 9.49. The van der Waals surface area contributed by atoms with Crippen LogP contribution in [-0.4, -0.2) is 56.7 Å². The molecule has 1 aliphatic rings. The van der Waals surface area contributed by atoms with Crippen molar-refractivity contribution in [3.05, 3.63) is 70.9 Å². The molecule has 2 unspecified atom stereocenters. The summed E-state index contributed by atoms with van der Waals surface area (Å²) in [7, 11) is 0. The number of benzene rings is 1. The summed E-state index contributed by atoms with van der Waals surface area (Å²) in [5.41, 5.74) is 3.76. The van der Waals surface area contributed by atoms with Crippen LogP contribution >= 0.6 is 0 Å². The number of aromatic nitrogens is 1. The molecule has 0 saturated carbocycles. The average molecular weight is 417 g/mol. The zero-order valence-electron chi connectivity index (χ0n) is 16.5. The molecule has 0 spiro atoms. The standard InChI is InChI=1S/C21H25FN4O2S/c1-14(27)11-18-12-16(7-8-24-18)20(19-13-26(29(2)28)10-9-25-19)21(23)15-3-5-17(22)6-4-15/h3-8,12,14,23,25,27H,9-11,13H2,1-2H3/b20-19-,23-21?. The Morgan fingerprint density at radius 2 is 2.07 bits per heavy atom. The van der Waals surface area contributed by atoms with Gasteiger partial charge in [-0.2, -0.15) is 0 Å². The van der Waals surface area contributed by atoms with E-state index >= 15 is 0 Å². The predicted molar refractivity (Wildman–Crippen MR) is 113 cm³/mol. The van der Waals surface area contributed by atoms with Gasteiger partial charge in [0.15, 0.2) is 0 Å². The second-order valence-corrected chi connectivity index (χ2v) is 8.40. The van der Waals surface area contributed by atoms with Crippen LogP contribution in [0.25, 0.3) is 5.57 Å². The molecule has 1 saturated heterocycles. The molecule has 0 amide bonds. The Morgan fingerprint density at radius 1 is 1.34 bits per heavy atom. The number of rotatable bonds is 6. The van der Waals surface area contributed by atoms with E-state index in [-0.39, 0.29) is 11.5 Å². The molecule has 0 aliphatic carbocycles. The van der Waals surface area contributed by atoms with Crippen LogP contribution in [0.2, 0.25) is 0 Å². The van der Waals surface area contributed by atoms with Crippen molar-refractivity contribution in [3.63, 3.8) is 0 Å². The van der Waals surface area contributed by atoms with Crippen LogP contribution in [0.15, 0.2) is 48.3 Å². The molecule has 1 aromatic carbocycles. The Hall–Kier alpha value is -2.26. The SMILES string of the molecule is CC(O)Cc1cc(/C(C(=N)c2ccc(F)cc2)=C2\CN([S+](C)[O-])CCN2)ccn1. The van der Waals surface area contributed by atoms with Gasteiger partial charge in [-0.15, -0.1) is 4.31 Å². The van der Waals surface area contributed by atoms with E-state index in [1.807, 2.05) is 16.4 Å². The average Bonchev–Trinajstić information content (AvgIpc) is 2.68. The fourth-order valence-electron chi connectivity index (χ4n) is 3.31. The molecular formula is C21H25FN4O2S. The lowest BCUT2D eigenvalue weighted by atomic mass is 9.93. The number of halogens is 1. The Bertz CT molecular complexity index is 900. The first kappa shape index (κ1) is 21.4. The second-order valence-electron chi connectivity index (χ2n) is 7.04. The molecule has 2 aromatic rings. The zero-order valence-corrected chi connectivity index (χ0v) is 17.3. The molecule has 3 N–H and O–H groups in total. The van der Waals surface area contributed by atoms with Crippen LogP contribution in [0.4, 0.5) is 4.39 Å². The van der Waals surface area contributed by atoms with Gasteiger partial charge in [0.25, 0.3) is 0 Å². The van der Waals surface area contributed by atoms with Crippen molar-refractivity contribution < 1.29 is 14.0 Å². The van der Waals surface area contributed by atoms with Gasteiger partial charge in [0, 0.05) is 53.1 Å². The fraction of sp³-hybridized carbons (Fsp3) is 0.333. The number of allylic oxidation sites excluding steroid dienone is 1. The summed E-state index contributed by atoms with van der Waals surface area (Å²) in [6.45, 7) is 3.37. The van der Waals surface area contributed by atoms with Crippen LogP contribution in [0.1, 0.15) is 23.7 Å². The Balaban J connectivity index is 2.08. The van der Waals surface area contributed by atoms with E-state index in [1.165, 1.54) is 12.1 Å². The van der Waals surface area contributed by atoms with E-state index in [1.54, 1.807) is 31.5 Å². The number of nitrogens with zero attached hydrogens (tertiary/aromatic N) is 2. The molecule has 6 nitrogen and oxygen atoms in total. The lowest BCUT2D eigenvalue weighted by Crippen LogP contribution is -2.45. The number of piperazine rings is 1. The van der Waals surface area contributed by atoms with Crippen LogP contribution in [0, 0.1) is 11.2 Å². The first-order valence-corrected chi connectivity index (χ1v) is 10.9. The number of hydrogen-bond acceptors (Lipinski definition) is 6. The van der Waals surface area contributed by atoms with Gasteiger partial charge in [-0.05, 0) is 48.9 Å². The molecule has 8 heteroatoms. The van der Waals surface area contributed by atoms with Crippen molar-refractivity contribution in [2.45, 2.75) is 19.4 Å². The minimum absolute atomic E-state index is 0.241. The zero-order chi connectivity index (χ0) is 21.0. The lowest BCUT2D eigenvalue weighted by Gasteiger charge is -2.30. The largest absolute Gasteiger partial charge is 0.598 e. The van der Waals surface area contributed by atoms with Crippen molar-refractivity contribution in [2.75, 3.05) is 25.9 Å². The topological polar surface area (TPSA) is 95.3 Å². The third kappa shape index (κ3) is 5.42. The van der Waals surface area contributed by atoms with E-state index in [2.05, 4.69) is 10.3 Å². The van der Waals surface area contributed by atoms with Gasteiger partial charge in [0.1, 0.15) is 12.1 Å². The number of pyridine rings is 1. The van der Waals surface area contributed by atoms with Gasteiger partial charge < -0.3 is 15.0 Å². The van der Waals surface area contributed by atoms with E-state index in [0.717, 1.165) is 11.3 Å². The molecule has 1 aromatic heterocycles. The van der Waals surface area contributed by atoms with Crippen molar-refractivity contribution in [2.24, 2.45) is 0 Å². The summed E-state index contributed by atoms with van der Waals surface area (Å²) in [5, 5.41) is 21.9. The van der Waals surface area contributed by atoms with Gasteiger partial charge in [-0.25, -0.2) is 4.39 Å². The van der Waals surface area contributed by atoms with Gasteiger partial charge in [-0.3, -0.25) is 10.4 Å². The van der Waals surface area contributed by atoms with E-state index in [0.29, 0.717) is 42.9 Å².